The zero-order valence-electron chi connectivity index (χ0n) is 17.8. The van der Waals surface area contributed by atoms with Crippen LogP contribution in [0.5, 0.6) is 0 Å². The highest BCUT2D eigenvalue weighted by molar-refractivity contribution is 6.48. The summed E-state index contributed by atoms with van der Waals surface area (Å²) in [5.74, 6) is 2.07. The molecular weight excluding hydrogens is 320 g/mol. The van der Waals surface area contributed by atoms with Crippen molar-refractivity contribution in [2.45, 2.75) is 129 Å². The lowest BCUT2D eigenvalue weighted by Gasteiger charge is -2.30. The Kier molecular flexibility index (Phi) is 15.2. The summed E-state index contributed by atoms with van der Waals surface area (Å²) in [7, 11) is -0.484. The molecule has 0 amide bonds. The van der Waals surface area contributed by atoms with Crippen LogP contribution < -0.4 is 0 Å². The van der Waals surface area contributed by atoms with Gasteiger partial charge in [0.2, 0.25) is 9.04 Å². The minimum atomic E-state index is -0.484. The first-order valence-corrected chi connectivity index (χ1v) is 14.1. The maximum absolute atomic E-state index is 5.82. The zero-order chi connectivity index (χ0) is 18.2. The van der Waals surface area contributed by atoms with E-state index in [4.69, 9.17) is 4.43 Å². The van der Waals surface area contributed by atoms with E-state index >= 15 is 0 Å². The van der Waals surface area contributed by atoms with Crippen LogP contribution in [0.2, 0.25) is 13.1 Å². The lowest BCUT2D eigenvalue weighted by Crippen LogP contribution is -2.18. The highest BCUT2D eigenvalue weighted by Gasteiger charge is 2.22. The summed E-state index contributed by atoms with van der Waals surface area (Å²) in [5, 5.41) is 0. The summed E-state index contributed by atoms with van der Waals surface area (Å²) in [6.07, 6.45) is 24.9. The summed E-state index contributed by atoms with van der Waals surface area (Å²) in [4.78, 5) is 0. The van der Waals surface area contributed by atoms with E-state index < -0.39 is 9.04 Å². The Balaban J connectivity index is 2.15. The molecule has 0 bridgehead atoms. The maximum Gasteiger partial charge on any atom is 0.204 e. The molecule has 1 atom stereocenters. The van der Waals surface area contributed by atoms with Gasteiger partial charge in [0.15, 0.2) is 0 Å². The minimum absolute atomic E-state index is 0.484. The van der Waals surface area contributed by atoms with E-state index in [-0.39, 0.29) is 0 Å². The number of rotatable bonds is 16. The molecule has 0 spiro atoms. The van der Waals surface area contributed by atoms with Crippen molar-refractivity contribution in [3.05, 3.63) is 0 Å². The Bertz CT molecular complexity index is 273. The highest BCUT2D eigenvalue weighted by atomic mass is 28.3. The van der Waals surface area contributed by atoms with E-state index in [0.29, 0.717) is 0 Å². The van der Waals surface area contributed by atoms with Crippen LogP contribution in [0.3, 0.4) is 0 Å². The molecule has 1 rings (SSSR count). The van der Waals surface area contributed by atoms with E-state index in [0.717, 1.165) is 18.4 Å². The van der Waals surface area contributed by atoms with Crippen molar-refractivity contribution in [2.75, 3.05) is 6.61 Å². The molecule has 1 fully saturated rings. The van der Waals surface area contributed by atoms with Crippen molar-refractivity contribution in [3.8, 4) is 0 Å². The van der Waals surface area contributed by atoms with E-state index in [1.165, 1.54) is 109 Å². The predicted molar refractivity (Wildman–Crippen MR) is 115 cm³/mol. The molecular formula is C23H47OSi. The molecule has 0 N–H and O–H groups in total. The molecule has 2 heteroatoms. The number of hydrogen-bond donors (Lipinski definition) is 0. The minimum Gasteiger partial charge on any atom is -0.417 e. The van der Waals surface area contributed by atoms with E-state index in [1.807, 2.05) is 0 Å². The Hall–Kier alpha value is 0.177. The second-order valence-electron chi connectivity index (χ2n) is 8.67. The Morgan fingerprint density at radius 3 is 1.92 bits per heavy atom. The fourth-order valence-corrected chi connectivity index (χ4v) is 5.10. The summed E-state index contributed by atoms with van der Waals surface area (Å²) < 4.78 is 5.82. The first-order valence-electron chi connectivity index (χ1n) is 11.7. The second-order valence-corrected chi connectivity index (χ2v) is 10.8. The monoisotopic (exact) mass is 367 g/mol. The molecule has 1 aliphatic carbocycles. The average molecular weight is 368 g/mol. The summed E-state index contributed by atoms with van der Waals surface area (Å²) in [5.41, 5.74) is 0. The standard InChI is InChI=1S/C23H47OSi/c1-4-5-6-7-8-9-10-12-17-23(22-18-13-11-14-19-22)20-15-16-21-24-25(2)3/h22-23H,4-21H2,1-3H3. The van der Waals surface area contributed by atoms with Crippen molar-refractivity contribution in [2.24, 2.45) is 11.8 Å². The maximum atomic E-state index is 5.82. The molecule has 25 heavy (non-hydrogen) atoms. The second kappa shape index (κ2) is 16.4. The molecule has 0 aliphatic heterocycles. The predicted octanol–water partition coefficient (Wildman–Crippen LogP) is 8.15. The highest BCUT2D eigenvalue weighted by Crippen LogP contribution is 2.35. The van der Waals surface area contributed by atoms with Gasteiger partial charge in [-0.05, 0) is 31.4 Å². The van der Waals surface area contributed by atoms with Gasteiger partial charge in [0.1, 0.15) is 0 Å². The van der Waals surface area contributed by atoms with Gasteiger partial charge in [-0.2, -0.15) is 0 Å². The molecule has 1 aliphatic rings. The van der Waals surface area contributed by atoms with Crippen LogP contribution in [-0.2, 0) is 4.43 Å². The van der Waals surface area contributed by atoms with Crippen LogP contribution in [0.1, 0.15) is 116 Å². The van der Waals surface area contributed by atoms with Crippen LogP contribution in [-0.4, -0.2) is 15.6 Å². The van der Waals surface area contributed by atoms with E-state index in [1.54, 1.807) is 0 Å². The van der Waals surface area contributed by atoms with Crippen molar-refractivity contribution >= 4 is 9.04 Å². The molecule has 0 aromatic rings. The van der Waals surface area contributed by atoms with Crippen molar-refractivity contribution in [1.29, 1.82) is 0 Å². The number of unbranched alkanes of at least 4 members (excludes halogenated alkanes) is 8. The normalized spacial score (nSPS) is 17.3. The van der Waals surface area contributed by atoms with Crippen molar-refractivity contribution in [1.82, 2.24) is 0 Å². The summed E-state index contributed by atoms with van der Waals surface area (Å²) >= 11 is 0. The Morgan fingerprint density at radius 2 is 1.32 bits per heavy atom. The molecule has 1 unspecified atom stereocenters. The molecule has 149 valence electrons. The smallest absolute Gasteiger partial charge is 0.204 e. The number of hydrogen-bond acceptors (Lipinski definition) is 1. The molecule has 1 radical (unpaired) electrons. The summed E-state index contributed by atoms with van der Waals surface area (Å²) in [6.45, 7) is 7.81. The zero-order valence-corrected chi connectivity index (χ0v) is 18.8. The lowest BCUT2D eigenvalue weighted by molar-refractivity contribution is 0.210. The van der Waals surface area contributed by atoms with Crippen LogP contribution in [0.15, 0.2) is 0 Å². The van der Waals surface area contributed by atoms with Crippen molar-refractivity contribution < 1.29 is 4.43 Å². The van der Waals surface area contributed by atoms with Gasteiger partial charge >= 0.3 is 0 Å². The summed E-state index contributed by atoms with van der Waals surface area (Å²) in [6, 6.07) is 0. The molecule has 0 aromatic carbocycles. The van der Waals surface area contributed by atoms with E-state index in [9.17, 15) is 0 Å². The van der Waals surface area contributed by atoms with Crippen LogP contribution in [0.4, 0.5) is 0 Å². The van der Waals surface area contributed by atoms with Gasteiger partial charge in [-0.25, -0.2) is 0 Å². The van der Waals surface area contributed by atoms with Crippen LogP contribution in [0, 0.1) is 11.8 Å². The van der Waals surface area contributed by atoms with Gasteiger partial charge in [-0.3, -0.25) is 0 Å². The van der Waals surface area contributed by atoms with Gasteiger partial charge in [0.25, 0.3) is 0 Å². The molecule has 0 heterocycles. The van der Waals surface area contributed by atoms with Gasteiger partial charge in [0.05, 0.1) is 0 Å². The quantitative estimate of drug-likeness (QED) is 0.197. The molecule has 0 saturated heterocycles. The first-order chi connectivity index (χ1) is 12.2. The Morgan fingerprint density at radius 1 is 0.760 bits per heavy atom. The van der Waals surface area contributed by atoms with Crippen molar-refractivity contribution in [3.63, 3.8) is 0 Å². The first kappa shape index (κ1) is 23.2. The third kappa shape index (κ3) is 13.1. The molecule has 0 aromatic heterocycles. The topological polar surface area (TPSA) is 9.23 Å². The largest absolute Gasteiger partial charge is 0.417 e. The third-order valence-corrected chi connectivity index (χ3v) is 6.89. The fraction of sp³-hybridized carbons (Fsp3) is 1.00. The van der Waals surface area contributed by atoms with Gasteiger partial charge < -0.3 is 4.43 Å². The van der Waals surface area contributed by atoms with Gasteiger partial charge in [-0.15, -0.1) is 0 Å². The van der Waals surface area contributed by atoms with Crippen LogP contribution >= 0.6 is 0 Å². The molecule has 1 saturated carbocycles. The fourth-order valence-electron chi connectivity index (χ4n) is 4.55. The van der Waals surface area contributed by atoms with Gasteiger partial charge in [0, 0.05) is 6.61 Å². The lowest BCUT2D eigenvalue weighted by atomic mass is 9.75. The average Bonchev–Trinajstić information content (AvgIpc) is 2.62. The SMILES string of the molecule is CCCCCCCCCCC(CCCCO[Si](C)C)C1CCCCC1. The molecule has 1 nitrogen and oxygen atoms in total. The van der Waals surface area contributed by atoms with Crippen LogP contribution in [0.25, 0.3) is 0 Å². The third-order valence-electron chi connectivity index (χ3n) is 6.10. The van der Waals surface area contributed by atoms with Gasteiger partial charge in [-0.1, -0.05) is 110 Å². The van der Waals surface area contributed by atoms with E-state index in [2.05, 4.69) is 20.0 Å². The Labute approximate surface area is 161 Å².